The zero-order chi connectivity index (χ0) is 19.9. The van der Waals surface area contributed by atoms with Gasteiger partial charge in [0.05, 0.1) is 6.26 Å². The summed E-state index contributed by atoms with van der Waals surface area (Å²) in [6.07, 6.45) is 1.36. The molecule has 0 bridgehead atoms. The minimum Gasteiger partial charge on any atom is -0.339 e. The molecule has 0 aliphatic rings. The van der Waals surface area contributed by atoms with Crippen molar-refractivity contribution in [1.29, 1.82) is 0 Å². The Balaban J connectivity index is 2.01. The lowest BCUT2D eigenvalue weighted by atomic mass is 10.1. The van der Waals surface area contributed by atoms with Crippen molar-refractivity contribution in [2.75, 3.05) is 19.3 Å². The molecule has 0 radical (unpaired) electrons. The molecule has 2 aromatic carbocycles. The first-order chi connectivity index (χ1) is 12.8. The Morgan fingerprint density at radius 2 is 1.63 bits per heavy atom. The van der Waals surface area contributed by atoms with Gasteiger partial charge in [-0.2, -0.15) is 4.31 Å². The van der Waals surface area contributed by atoms with Crippen LogP contribution in [0.1, 0.15) is 30.0 Å². The number of hydrogen-bond acceptors (Lipinski definition) is 3. The Kier molecular flexibility index (Phi) is 7.56. The third-order valence-electron chi connectivity index (χ3n) is 4.44. The van der Waals surface area contributed by atoms with Gasteiger partial charge in [0.2, 0.25) is 15.9 Å². The Labute approximate surface area is 162 Å². The van der Waals surface area contributed by atoms with E-state index in [-0.39, 0.29) is 25.4 Å². The zero-order valence-corrected chi connectivity index (χ0v) is 17.1. The van der Waals surface area contributed by atoms with Crippen molar-refractivity contribution < 1.29 is 13.2 Å². The second kappa shape index (κ2) is 9.67. The average molecular weight is 389 g/mol. The lowest BCUT2D eigenvalue weighted by Crippen LogP contribution is -2.36. The number of amides is 1. The predicted octanol–water partition coefficient (Wildman–Crippen LogP) is 3.20. The monoisotopic (exact) mass is 388 g/mol. The second-order valence-electron chi connectivity index (χ2n) is 6.73. The normalized spacial score (nSPS) is 11.6. The fourth-order valence-corrected chi connectivity index (χ4v) is 3.74. The summed E-state index contributed by atoms with van der Waals surface area (Å²) >= 11 is 0. The molecule has 0 spiro atoms. The van der Waals surface area contributed by atoms with Gasteiger partial charge in [0.15, 0.2) is 0 Å². The van der Waals surface area contributed by atoms with Crippen molar-refractivity contribution >= 4 is 15.9 Å². The second-order valence-corrected chi connectivity index (χ2v) is 8.71. The smallest absolute Gasteiger partial charge is 0.224 e. The highest BCUT2D eigenvalue weighted by Crippen LogP contribution is 2.12. The van der Waals surface area contributed by atoms with Crippen LogP contribution >= 0.6 is 0 Å². The molecule has 0 heterocycles. The first-order valence-electron chi connectivity index (χ1n) is 9.12. The van der Waals surface area contributed by atoms with Crippen LogP contribution in [0.5, 0.6) is 0 Å². The third-order valence-corrected chi connectivity index (χ3v) is 5.69. The molecule has 0 unspecified atom stereocenters. The van der Waals surface area contributed by atoms with Crippen LogP contribution in [-0.4, -0.2) is 42.9 Å². The standard InChI is InChI=1S/C21H28N2O3S/c1-4-22(16-19-10-6-5-7-11-19)21(24)13-14-23(27(3,25)26)17-20-12-8-9-18(2)15-20/h5-12,15H,4,13-14,16-17H2,1-3H3. The van der Waals surface area contributed by atoms with Crippen molar-refractivity contribution in [3.63, 3.8) is 0 Å². The molecule has 5 nitrogen and oxygen atoms in total. The van der Waals surface area contributed by atoms with Gasteiger partial charge < -0.3 is 4.90 Å². The number of nitrogens with zero attached hydrogens (tertiary/aromatic N) is 2. The summed E-state index contributed by atoms with van der Waals surface area (Å²) in [6, 6.07) is 17.6. The summed E-state index contributed by atoms with van der Waals surface area (Å²) in [7, 11) is -3.40. The molecule has 0 fully saturated rings. The van der Waals surface area contributed by atoms with E-state index < -0.39 is 10.0 Å². The molecule has 1 amide bonds. The summed E-state index contributed by atoms with van der Waals surface area (Å²) < 4.78 is 25.7. The van der Waals surface area contributed by atoms with Gasteiger partial charge in [-0.05, 0) is 25.0 Å². The van der Waals surface area contributed by atoms with E-state index in [1.54, 1.807) is 4.90 Å². The van der Waals surface area contributed by atoms with Crippen LogP contribution in [-0.2, 0) is 27.9 Å². The lowest BCUT2D eigenvalue weighted by molar-refractivity contribution is -0.131. The van der Waals surface area contributed by atoms with E-state index >= 15 is 0 Å². The summed E-state index contributed by atoms with van der Waals surface area (Å²) in [5.41, 5.74) is 3.06. The van der Waals surface area contributed by atoms with Gasteiger partial charge in [-0.15, -0.1) is 0 Å². The Morgan fingerprint density at radius 3 is 2.22 bits per heavy atom. The van der Waals surface area contributed by atoms with Crippen molar-refractivity contribution in [3.05, 3.63) is 71.3 Å². The molecule has 27 heavy (non-hydrogen) atoms. The highest BCUT2D eigenvalue weighted by molar-refractivity contribution is 7.88. The van der Waals surface area contributed by atoms with Crippen LogP contribution < -0.4 is 0 Å². The van der Waals surface area contributed by atoms with Crippen LogP contribution in [0, 0.1) is 6.92 Å². The molecule has 146 valence electrons. The minimum absolute atomic E-state index is 0.0424. The minimum atomic E-state index is -3.40. The number of benzene rings is 2. The summed E-state index contributed by atoms with van der Waals surface area (Å²) in [5, 5.41) is 0. The van der Waals surface area contributed by atoms with Crippen LogP contribution in [0.2, 0.25) is 0 Å². The van der Waals surface area contributed by atoms with Gasteiger partial charge in [-0.3, -0.25) is 4.79 Å². The SMILES string of the molecule is CCN(Cc1ccccc1)C(=O)CCN(Cc1cccc(C)c1)S(C)(=O)=O. The summed E-state index contributed by atoms with van der Waals surface area (Å²) in [5.74, 6) is -0.0424. The average Bonchev–Trinajstić information content (AvgIpc) is 2.63. The van der Waals surface area contributed by atoms with E-state index in [9.17, 15) is 13.2 Å². The lowest BCUT2D eigenvalue weighted by Gasteiger charge is -2.24. The molecular weight excluding hydrogens is 360 g/mol. The first kappa shape index (κ1) is 21.1. The molecule has 0 aromatic heterocycles. The number of hydrogen-bond donors (Lipinski definition) is 0. The van der Waals surface area contributed by atoms with Gasteiger partial charge >= 0.3 is 0 Å². The van der Waals surface area contributed by atoms with Crippen molar-refractivity contribution in [1.82, 2.24) is 9.21 Å². The van der Waals surface area contributed by atoms with E-state index in [0.717, 1.165) is 16.7 Å². The largest absolute Gasteiger partial charge is 0.339 e. The number of rotatable bonds is 9. The molecule has 6 heteroatoms. The topological polar surface area (TPSA) is 57.7 Å². The van der Waals surface area contributed by atoms with Crippen LogP contribution in [0.15, 0.2) is 54.6 Å². The molecule has 0 aliphatic carbocycles. The number of aryl methyl sites for hydroxylation is 1. The molecule has 0 saturated carbocycles. The fourth-order valence-electron chi connectivity index (χ4n) is 2.93. The highest BCUT2D eigenvalue weighted by atomic mass is 32.2. The molecule has 0 atom stereocenters. The van der Waals surface area contributed by atoms with Gasteiger partial charge in [-0.1, -0.05) is 60.2 Å². The van der Waals surface area contributed by atoms with Crippen molar-refractivity contribution in [2.45, 2.75) is 33.4 Å². The van der Waals surface area contributed by atoms with E-state index in [1.807, 2.05) is 68.4 Å². The Morgan fingerprint density at radius 1 is 0.963 bits per heavy atom. The zero-order valence-electron chi connectivity index (χ0n) is 16.3. The van der Waals surface area contributed by atoms with E-state index in [0.29, 0.717) is 13.1 Å². The molecule has 2 aromatic rings. The molecular formula is C21H28N2O3S. The van der Waals surface area contributed by atoms with Crippen molar-refractivity contribution in [3.8, 4) is 0 Å². The van der Waals surface area contributed by atoms with Gasteiger partial charge in [0.1, 0.15) is 0 Å². The van der Waals surface area contributed by atoms with Crippen molar-refractivity contribution in [2.24, 2.45) is 0 Å². The Bertz CT molecular complexity index is 851. The molecule has 0 saturated heterocycles. The van der Waals surface area contributed by atoms with Gasteiger partial charge in [-0.25, -0.2) is 8.42 Å². The maximum absolute atomic E-state index is 12.6. The Hall–Kier alpha value is -2.18. The number of carbonyl (C=O) groups excluding carboxylic acids is 1. The number of sulfonamides is 1. The molecule has 2 rings (SSSR count). The fraction of sp³-hybridized carbons (Fsp3) is 0.381. The summed E-state index contributed by atoms with van der Waals surface area (Å²) in [6.45, 7) is 5.48. The molecule has 0 N–H and O–H groups in total. The van der Waals surface area contributed by atoms with Crippen LogP contribution in [0.4, 0.5) is 0 Å². The quantitative estimate of drug-likeness (QED) is 0.663. The number of carbonyl (C=O) groups is 1. The third kappa shape index (κ3) is 6.81. The van der Waals surface area contributed by atoms with E-state index in [1.165, 1.54) is 10.6 Å². The van der Waals surface area contributed by atoms with Crippen LogP contribution in [0.25, 0.3) is 0 Å². The maximum Gasteiger partial charge on any atom is 0.224 e. The van der Waals surface area contributed by atoms with E-state index in [4.69, 9.17) is 0 Å². The van der Waals surface area contributed by atoms with Crippen LogP contribution in [0.3, 0.4) is 0 Å². The maximum atomic E-state index is 12.6. The predicted molar refractivity (Wildman–Crippen MR) is 109 cm³/mol. The van der Waals surface area contributed by atoms with Gasteiger partial charge in [0.25, 0.3) is 0 Å². The first-order valence-corrected chi connectivity index (χ1v) is 11.0. The van der Waals surface area contributed by atoms with Gasteiger partial charge in [0, 0.05) is 32.6 Å². The summed E-state index contributed by atoms with van der Waals surface area (Å²) in [4.78, 5) is 14.4. The van der Waals surface area contributed by atoms with E-state index in [2.05, 4.69) is 0 Å². The highest BCUT2D eigenvalue weighted by Gasteiger charge is 2.20. The molecule has 0 aliphatic heterocycles.